The molecule has 4 heterocycles. The van der Waals surface area contributed by atoms with Gasteiger partial charge in [-0.05, 0) is 75.3 Å². The molecule has 0 aliphatic heterocycles. The SMILES string of the molecule is c1ccc([Si](c2ccccc2)(c2ccccc2)c2ccc(-n3c(-n4c5ccccc5c5cc(-n6c7ccccc7c7ccccc76)ccc54)nc4ccccc43)nc2)cc1. The molecule has 4 aromatic heterocycles. The minimum absolute atomic E-state index is 0.796. The fraction of sp³-hybridized carbons (Fsp3) is 0. The van der Waals surface area contributed by atoms with Gasteiger partial charge in [0.2, 0.25) is 5.95 Å². The molecule has 0 bridgehead atoms. The summed E-state index contributed by atoms with van der Waals surface area (Å²) in [7, 11) is -2.76. The van der Waals surface area contributed by atoms with Crippen molar-refractivity contribution in [3.8, 4) is 17.5 Å². The molecule has 0 aliphatic rings. The van der Waals surface area contributed by atoms with Gasteiger partial charge in [-0.15, -0.1) is 0 Å². The molecular formula is C54H37N5Si. The van der Waals surface area contributed by atoms with Crippen LogP contribution < -0.4 is 20.7 Å². The summed E-state index contributed by atoms with van der Waals surface area (Å²) in [6.45, 7) is 0. The van der Waals surface area contributed by atoms with Crippen molar-refractivity contribution in [2.75, 3.05) is 0 Å². The first-order valence-electron chi connectivity index (χ1n) is 20.4. The number of hydrogen-bond acceptors (Lipinski definition) is 2. The second-order valence-corrected chi connectivity index (χ2v) is 19.2. The molecule has 8 aromatic carbocycles. The van der Waals surface area contributed by atoms with E-state index in [0.29, 0.717) is 0 Å². The monoisotopic (exact) mass is 783 g/mol. The van der Waals surface area contributed by atoms with Crippen molar-refractivity contribution < 1.29 is 0 Å². The minimum atomic E-state index is -2.76. The van der Waals surface area contributed by atoms with Gasteiger partial charge in [0.1, 0.15) is 5.82 Å². The summed E-state index contributed by atoms with van der Waals surface area (Å²) >= 11 is 0. The molecule has 6 heteroatoms. The predicted molar refractivity (Wildman–Crippen MR) is 251 cm³/mol. The molecule has 282 valence electrons. The predicted octanol–water partition coefficient (Wildman–Crippen LogP) is 9.99. The maximum atomic E-state index is 5.39. The van der Waals surface area contributed by atoms with Gasteiger partial charge in [-0.25, -0.2) is 9.97 Å². The molecule has 0 fully saturated rings. The summed E-state index contributed by atoms with van der Waals surface area (Å²) in [4.78, 5) is 10.8. The molecule has 0 saturated heterocycles. The molecule has 0 unspecified atom stereocenters. The van der Waals surface area contributed by atoms with Gasteiger partial charge in [-0.3, -0.25) is 9.13 Å². The highest BCUT2D eigenvalue weighted by atomic mass is 28.3. The molecule has 0 spiro atoms. The largest absolute Gasteiger partial charge is 0.309 e. The molecule has 0 amide bonds. The molecule has 5 nitrogen and oxygen atoms in total. The standard InChI is InChI=1S/C54H37N5Si/c1-4-18-39(19-5-1)60(40-20-6-2-7-21-40,41-22-8-3-9-23-41)42-33-35-53(55-37-42)59-52-31-17-13-27-47(52)56-54(59)58-50-30-16-12-26-45(50)46-36-38(32-34-51(46)58)57-48-28-14-10-24-43(48)44-25-11-15-29-49(44)57/h1-37H. The van der Waals surface area contributed by atoms with Crippen LogP contribution in [-0.2, 0) is 0 Å². The van der Waals surface area contributed by atoms with Gasteiger partial charge >= 0.3 is 0 Å². The molecule has 60 heavy (non-hydrogen) atoms. The van der Waals surface area contributed by atoms with Crippen LogP contribution in [0.15, 0.2) is 225 Å². The van der Waals surface area contributed by atoms with Crippen molar-refractivity contribution in [2.45, 2.75) is 0 Å². The summed E-state index contributed by atoms with van der Waals surface area (Å²) in [5.41, 5.74) is 7.58. The number of para-hydroxylation sites is 5. The highest BCUT2D eigenvalue weighted by Crippen LogP contribution is 2.37. The number of nitrogens with zero attached hydrogens (tertiary/aromatic N) is 5. The van der Waals surface area contributed by atoms with Crippen molar-refractivity contribution in [3.05, 3.63) is 225 Å². The van der Waals surface area contributed by atoms with E-state index in [-0.39, 0.29) is 0 Å². The number of fused-ring (bicyclic) bond motifs is 7. The second kappa shape index (κ2) is 13.7. The average Bonchev–Trinajstić information content (AvgIpc) is 3.98. The zero-order valence-corrected chi connectivity index (χ0v) is 33.6. The number of aromatic nitrogens is 5. The Morgan fingerprint density at radius 3 is 1.35 bits per heavy atom. The fourth-order valence-electron chi connectivity index (χ4n) is 9.71. The van der Waals surface area contributed by atoms with E-state index in [1.807, 2.05) is 0 Å². The lowest BCUT2D eigenvalue weighted by Gasteiger charge is -2.34. The third-order valence-corrected chi connectivity index (χ3v) is 17.0. The first-order valence-corrected chi connectivity index (χ1v) is 22.4. The number of benzene rings is 8. The highest BCUT2D eigenvalue weighted by molar-refractivity contribution is 7.19. The van der Waals surface area contributed by atoms with Crippen LogP contribution in [0.25, 0.3) is 72.1 Å². The van der Waals surface area contributed by atoms with E-state index in [1.165, 1.54) is 47.9 Å². The molecule has 0 aliphatic carbocycles. The van der Waals surface area contributed by atoms with Gasteiger partial charge in [0.15, 0.2) is 8.07 Å². The van der Waals surface area contributed by atoms with E-state index in [2.05, 4.69) is 238 Å². The molecule has 12 aromatic rings. The summed E-state index contributed by atoms with van der Waals surface area (Å²) in [6.07, 6.45) is 2.12. The quantitative estimate of drug-likeness (QED) is 0.119. The summed E-state index contributed by atoms with van der Waals surface area (Å²) in [5, 5.41) is 10.00. The summed E-state index contributed by atoms with van der Waals surface area (Å²) in [5.74, 6) is 1.61. The molecule has 0 saturated carbocycles. The maximum Gasteiger partial charge on any atom is 0.221 e. The maximum absolute atomic E-state index is 5.39. The van der Waals surface area contributed by atoms with Crippen molar-refractivity contribution >= 4 is 83.5 Å². The zero-order chi connectivity index (χ0) is 39.6. The molecule has 0 N–H and O–H groups in total. The Morgan fingerprint density at radius 1 is 0.333 bits per heavy atom. The smallest absolute Gasteiger partial charge is 0.221 e. The van der Waals surface area contributed by atoms with E-state index in [4.69, 9.17) is 9.97 Å². The Labute approximate surface area is 347 Å². The van der Waals surface area contributed by atoms with Crippen LogP contribution in [0, 0.1) is 0 Å². The number of hydrogen-bond donors (Lipinski definition) is 0. The van der Waals surface area contributed by atoms with E-state index in [0.717, 1.165) is 44.9 Å². The summed E-state index contributed by atoms with van der Waals surface area (Å²) < 4.78 is 6.93. The molecule has 0 radical (unpaired) electrons. The van der Waals surface area contributed by atoms with Gasteiger partial charge in [-0.1, -0.05) is 164 Å². The zero-order valence-electron chi connectivity index (χ0n) is 32.6. The third kappa shape index (κ3) is 5.04. The Bertz CT molecular complexity index is 3380. The lowest BCUT2D eigenvalue weighted by Crippen LogP contribution is -2.74. The Kier molecular flexibility index (Phi) is 7.80. The van der Waals surface area contributed by atoms with Crippen LogP contribution in [-0.4, -0.2) is 31.7 Å². The lowest BCUT2D eigenvalue weighted by molar-refractivity contribution is 0.928. The van der Waals surface area contributed by atoms with Crippen molar-refractivity contribution in [3.63, 3.8) is 0 Å². The van der Waals surface area contributed by atoms with Gasteiger partial charge < -0.3 is 4.57 Å². The van der Waals surface area contributed by atoms with Crippen molar-refractivity contribution in [2.24, 2.45) is 0 Å². The fourth-order valence-corrected chi connectivity index (χ4v) is 14.4. The second-order valence-electron chi connectivity index (χ2n) is 15.4. The Morgan fingerprint density at radius 2 is 0.800 bits per heavy atom. The van der Waals surface area contributed by atoms with Crippen molar-refractivity contribution in [1.29, 1.82) is 0 Å². The van der Waals surface area contributed by atoms with Gasteiger partial charge in [0.05, 0.1) is 33.1 Å². The third-order valence-electron chi connectivity index (χ3n) is 12.3. The highest BCUT2D eigenvalue weighted by Gasteiger charge is 2.41. The van der Waals surface area contributed by atoms with E-state index >= 15 is 0 Å². The topological polar surface area (TPSA) is 40.6 Å². The normalized spacial score (nSPS) is 12.0. The number of rotatable bonds is 7. The van der Waals surface area contributed by atoms with E-state index in [9.17, 15) is 0 Å². The van der Waals surface area contributed by atoms with Crippen LogP contribution in [0.3, 0.4) is 0 Å². The van der Waals surface area contributed by atoms with Crippen molar-refractivity contribution in [1.82, 2.24) is 23.7 Å². The first kappa shape index (κ1) is 34.3. The van der Waals surface area contributed by atoms with Crippen LogP contribution in [0.2, 0.25) is 0 Å². The van der Waals surface area contributed by atoms with E-state index in [1.54, 1.807) is 0 Å². The Hall–Kier alpha value is -7.80. The van der Waals surface area contributed by atoms with Gasteiger partial charge in [-0.2, -0.15) is 0 Å². The summed E-state index contributed by atoms with van der Waals surface area (Å²) in [6, 6.07) is 78.8. The lowest BCUT2D eigenvalue weighted by atomic mass is 10.1. The average molecular weight is 784 g/mol. The van der Waals surface area contributed by atoms with Crippen LogP contribution in [0.4, 0.5) is 0 Å². The molecular weight excluding hydrogens is 747 g/mol. The van der Waals surface area contributed by atoms with Crippen LogP contribution in [0.5, 0.6) is 0 Å². The van der Waals surface area contributed by atoms with Crippen LogP contribution >= 0.6 is 0 Å². The molecule has 12 rings (SSSR count). The van der Waals surface area contributed by atoms with Gasteiger partial charge in [0.25, 0.3) is 0 Å². The van der Waals surface area contributed by atoms with E-state index < -0.39 is 8.07 Å². The Balaban J connectivity index is 1.08. The van der Waals surface area contributed by atoms with Crippen LogP contribution in [0.1, 0.15) is 0 Å². The number of imidazole rings is 1. The molecule has 0 atom stereocenters. The first-order chi connectivity index (χ1) is 29.8. The minimum Gasteiger partial charge on any atom is -0.309 e. The number of pyridine rings is 1. The van der Waals surface area contributed by atoms with Gasteiger partial charge in [0, 0.05) is 33.4 Å².